The molecule has 0 aliphatic carbocycles. The molecule has 0 spiro atoms. The lowest BCUT2D eigenvalue weighted by Crippen LogP contribution is -2.01. The zero-order valence-electron chi connectivity index (χ0n) is 19.8. The van der Waals surface area contributed by atoms with Crippen LogP contribution in [0.25, 0.3) is 22.3 Å². The Balaban J connectivity index is 1.46. The van der Waals surface area contributed by atoms with Crippen molar-refractivity contribution in [3.8, 4) is 28.3 Å². The first-order chi connectivity index (χ1) is 17.4. The van der Waals surface area contributed by atoms with Gasteiger partial charge in [-0.3, -0.25) is 0 Å². The second kappa shape index (κ2) is 11.3. The standard InChI is InChI=1S/C28H24F4N2O2/c1-3-36-16-20-11-13-22(26(31)25(20)30)18-7-4-17(5-8-18)6-9-19-10-12-23(27(32)24(19)29)21-14-33-28(35-2)34-15-21/h4-5,7-8,10-15H,3,6,9,16H2,1-2H3. The zero-order valence-corrected chi connectivity index (χ0v) is 19.8. The third-order valence-corrected chi connectivity index (χ3v) is 5.86. The van der Waals surface area contributed by atoms with Crippen LogP contribution in [0, 0.1) is 23.3 Å². The molecule has 3 aromatic carbocycles. The van der Waals surface area contributed by atoms with Gasteiger partial charge in [-0.2, -0.15) is 0 Å². The van der Waals surface area contributed by atoms with E-state index < -0.39 is 23.3 Å². The molecule has 1 heterocycles. The van der Waals surface area contributed by atoms with Crippen molar-refractivity contribution < 1.29 is 27.0 Å². The summed E-state index contributed by atoms with van der Waals surface area (Å²) >= 11 is 0. The molecule has 186 valence electrons. The maximum absolute atomic E-state index is 14.7. The number of ether oxygens (including phenoxy) is 2. The Kier molecular flexibility index (Phi) is 7.95. The van der Waals surface area contributed by atoms with Gasteiger partial charge in [0.1, 0.15) is 0 Å². The number of aromatic nitrogens is 2. The molecule has 1 aromatic heterocycles. The van der Waals surface area contributed by atoms with Crippen LogP contribution in [-0.2, 0) is 24.2 Å². The van der Waals surface area contributed by atoms with Crippen molar-refractivity contribution >= 4 is 0 Å². The van der Waals surface area contributed by atoms with Gasteiger partial charge in [0.15, 0.2) is 23.3 Å². The molecule has 0 radical (unpaired) electrons. The summed E-state index contributed by atoms with van der Waals surface area (Å²) < 4.78 is 68.5. The number of methoxy groups -OCH3 is 1. The van der Waals surface area contributed by atoms with E-state index in [2.05, 4.69) is 9.97 Å². The third-order valence-electron chi connectivity index (χ3n) is 5.86. The first-order valence-corrected chi connectivity index (χ1v) is 11.4. The minimum atomic E-state index is -0.970. The molecule has 0 saturated heterocycles. The Hall–Kier alpha value is -3.78. The molecule has 8 heteroatoms. The highest BCUT2D eigenvalue weighted by molar-refractivity contribution is 5.65. The van der Waals surface area contributed by atoms with E-state index in [9.17, 15) is 17.6 Å². The number of benzene rings is 3. The summed E-state index contributed by atoms with van der Waals surface area (Å²) in [4.78, 5) is 7.85. The number of hydrogen-bond acceptors (Lipinski definition) is 4. The van der Waals surface area contributed by atoms with E-state index in [1.54, 1.807) is 31.2 Å². The van der Waals surface area contributed by atoms with Crippen LogP contribution in [0.5, 0.6) is 6.01 Å². The predicted molar refractivity (Wildman–Crippen MR) is 128 cm³/mol. The molecule has 0 fully saturated rings. The summed E-state index contributed by atoms with van der Waals surface area (Å²) in [6, 6.07) is 13.1. The highest BCUT2D eigenvalue weighted by Crippen LogP contribution is 2.29. The Labute approximate surface area is 206 Å². The predicted octanol–water partition coefficient (Wildman–Crippen LogP) is 6.70. The van der Waals surface area contributed by atoms with Crippen molar-refractivity contribution in [2.75, 3.05) is 13.7 Å². The van der Waals surface area contributed by atoms with E-state index in [0.29, 0.717) is 24.2 Å². The SMILES string of the molecule is CCOCc1ccc(-c2ccc(CCc3ccc(-c4cnc(OC)nc4)c(F)c3F)cc2)c(F)c1F. The minimum absolute atomic E-state index is 0.00444. The summed E-state index contributed by atoms with van der Waals surface area (Å²) in [5.74, 6) is -3.75. The molecule has 0 saturated carbocycles. The van der Waals surface area contributed by atoms with Crippen LogP contribution in [0.1, 0.15) is 23.6 Å². The summed E-state index contributed by atoms with van der Waals surface area (Å²) in [5, 5.41) is 0. The fourth-order valence-electron chi connectivity index (χ4n) is 3.83. The maximum Gasteiger partial charge on any atom is 0.316 e. The molecule has 4 rings (SSSR count). The zero-order chi connectivity index (χ0) is 25.7. The lowest BCUT2D eigenvalue weighted by molar-refractivity contribution is 0.131. The van der Waals surface area contributed by atoms with Gasteiger partial charge in [-0.1, -0.05) is 48.5 Å². The van der Waals surface area contributed by atoms with E-state index >= 15 is 0 Å². The van der Waals surface area contributed by atoms with Crippen LogP contribution in [0.15, 0.2) is 60.9 Å². The summed E-state index contributed by atoms with van der Waals surface area (Å²) in [7, 11) is 1.41. The van der Waals surface area contributed by atoms with Gasteiger partial charge in [-0.25, -0.2) is 27.5 Å². The molecule has 0 N–H and O–H groups in total. The van der Waals surface area contributed by atoms with Crippen LogP contribution in [0.3, 0.4) is 0 Å². The van der Waals surface area contributed by atoms with Gasteiger partial charge in [-0.15, -0.1) is 0 Å². The quantitative estimate of drug-likeness (QED) is 0.242. The van der Waals surface area contributed by atoms with Crippen molar-refractivity contribution in [3.05, 3.63) is 101 Å². The Bertz CT molecular complexity index is 1340. The van der Waals surface area contributed by atoms with Crippen molar-refractivity contribution in [2.24, 2.45) is 0 Å². The van der Waals surface area contributed by atoms with E-state index in [0.717, 1.165) is 5.56 Å². The van der Waals surface area contributed by atoms with Gasteiger partial charge in [0.2, 0.25) is 0 Å². The molecule has 4 aromatic rings. The monoisotopic (exact) mass is 496 g/mol. The van der Waals surface area contributed by atoms with E-state index in [1.807, 2.05) is 0 Å². The normalized spacial score (nSPS) is 11.1. The van der Waals surface area contributed by atoms with E-state index in [1.165, 1.54) is 43.8 Å². The summed E-state index contributed by atoms with van der Waals surface area (Å²) in [6.07, 6.45) is 3.43. The average molecular weight is 497 g/mol. The second-order valence-corrected chi connectivity index (χ2v) is 8.09. The maximum atomic E-state index is 14.7. The highest BCUT2D eigenvalue weighted by Gasteiger charge is 2.17. The van der Waals surface area contributed by atoms with Gasteiger partial charge in [0.05, 0.1) is 13.7 Å². The Morgan fingerprint density at radius 1 is 0.667 bits per heavy atom. The number of nitrogens with zero attached hydrogens (tertiary/aromatic N) is 2. The molecule has 0 aliphatic heterocycles. The van der Waals surface area contributed by atoms with Crippen LogP contribution in [0.2, 0.25) is 0 Å². The Morgan fingerprint density at radius 3 is 1.86 bits per heavy atom. The minimum Gasteiger partial charge on any atom is -0.467 e. The number of rotatable bonds is 9. The molecular formula is C28H24F4N2O2. The smallest absolute Gasteiger partial charge is 0.316 e. The number of hydrogen-bond donors (Lipinski definition) is 0. The molecular weight excluding hydrogens is 472 g/mol. The van der Waals surface area contributed by atoms with Gasteiger partial charge in [0, 0.05) is 41.3 Å². The first kappa shape index (κ1) is 25.3. The van der Waals surface area contributed by atoms with Gasteiger partial charge < -0.3 is 9.47 Å². The lowest BCUT2D eigenvalue weighted by Gasteiger charge is -2.11. The van der Waals surface area contributed by atoms with E-state index in [4.69, 9.17) is 9.47 Å². The van der Waals surface area contributed by atoms with Gasteiger partial charge >= 0.3 is 6.01 Å². The van der Waals surface area contributed by atoms with Gasteiger partial charge in [-0.05, 0) is 36.5 Å². The fraction of sp³-hybridized carbons (Fsp3) is 0.214. The lowest BCUT2D eigenvalue weighted by atomic mass is 9.98. The van der Waals surface area contributed by atoms with Crippen molar-refractivity contribution in [1.82, 2.24) is 9.97 Å². The first-order valence-electron chi connectivity index (χ1n) is 11.4. The summed E-state index contributed by atoms with van der Waals surface area (Å²) in [6.45, 7) is 2.19. The van der Waals surface area contributed by atoms with Crippen molar-refractivity contribution in [1.29, 1.82) is 0 Å². The molecule has 0 bridgehead atoms. The summed E-state index contributed by atoms with van der Waals surface area (Å²) in [5.41, 5.74) is 2.29. The largest absolute Gasteiger partial charge is 0.467 e. The molecule has 0 atom stereocenters. The average Bonchev–Trinajstić information content (AvgIpc) is 2.91. The molecule has 0 amide bonds. The molecule has 4 nitrogen and oxygen atoms in total. The number of aryl methyl sites for hydroxylation is 2. The van der Waals surface area contributed by atoms with Crippen LogP contribution < -0.4 is 4.74 Å². The van der Waals surface area contributed by atoms with Crippen molar-refractivity contribution in [2.45, 2.75) is 26.4 Å². The molecule has 0 unspecified atom stereocenters. The van der Waals surface area contributed by atoms with Crippen molar-refractivity contribution in [3.63, 3.8) is 0 Å². The fourth-order valence-corrected chi connectivity index (χ4v) is 3.83. The molecule has 36 heavy (non-hydrogen) atoms. The second-order valence-electron chi connectivity index (χ2n) is 8.09. The van der Waals surface area contributed by atoms with Crippen LogP contribution >= 0.6 is 0 Å². The highest BCUT2D eigenvalue weighted by atomic mass is 19.2. The third kappa shape index (κ3) is 5.39. The van der Waals surface area contributed by atoms with Crippen LogP contribution in [-0.4, -0.2) is 23.7 Å². The topological polar surface area (TPSA) is 44.2 Å². The van der Waals surface area contributed by atoms with Gasteiger partial charge in [0.25, 0.3) is 0 Å². The van der Waals surface area contributed by atoms with Crippen LogP contribution in [0.4, 0.5) is 17.6 Å². The van der Waals surface area contributed by atoms with E-state index in [-0.39, 0.29) is 41.3 Å². The Morgan fingerprint density at radius 2 is 1.25 bits per heavy atom. The number of halogens is 4. The molecule has 0 aliphatic rings.